The Kier molecular flexibility index (Phi) is 3.63. The van der Waals surface area contributed by atoms with Crippen LogP contribution in [0.15, 0.2) is 11.6 Å². The smallest absolute Gasteiger partial charge is 0.145 e. The summed E-state index contributed by atoms with van der Waals surface area (Å²) < 4.78 is 0. The Balaban J connectivity index is 2.18. The van der Waals surface area contributed by atoms with Crippen molar-refractivity contribution in [3.8, 4) is 10.7 Å². The molecule has 5 nitrogen and oxygen atoms in total. The molecule has 3 N–H and O–H groups in total. The lowest BCUT2D eigenvalue weighted by Gasteiger charge is -2.09. The van der Waals surface area contributed by atoms with Crippen molar-refractivity contribution in [3.05, 3.63) is 17.3 Å². The highest BCUT2D eigenvalue weighted by atomic mass is 32.1. The number of nitrogens with two attached hydrogens (primary N) is 1. The van der Waals surface area contributed by atoms with Crippen LogP contribution in [0, 0.1) is 0 Å². The highest BCUT2D eigenvalue weighted by Gasteiger charge is 2.14. The second-order valence-electron chi connectivity index (χ2n) is 3.65. The van der Waals surface area contributed by atoms with Crippen molar-refractivity contribution >= 4 is 11.3 Å². The van der Waals surface area contributed by atoms with Crippen LogP contribution < -0.4 is 5.73 Å². The van der Waals surface area contributed by atoms with Gasteiger partial charge in [-0.1, -0.05) is 13.3 Å². The van der Waals surface area contributed by atoms with E-state index in [1.807, 2.05) is 0 Å². The number of thiazole rings is 1. The first-order chi connectivity index (χ1) is 7.85. The van der Waals surface area contributed by atoms with Crippen molar-refractivity contribution in [1.29, 1.82) is 0 Å². The maximum absolute atomic E-state index is 5.75. The molecular weight excluding hydrogens is 222 g/mol. The molecule has 0 bridgehead atoms. The molecule has 0 amide bonds. The molecule has 0 saturated carbocycles. The molecule has 0 aliphatic carbocycles. The minimum Gasteiger partial charge on any atom is -0.330 e. The van der Waals surface area contributed by atoms with Crippen molar-refractivity contribution < 1.29 is 0 Å². The fourth-order valence-electron chi connectivity index (χ4n) is 1.63. The highest BCUT2D eigenvalue weighted by molar-refractivity contribution is 7.13. The van der Waals surface area contributed by atoms with E-state index < -0.39 is 0 Å². The molecule has 0 radical (unpaired) electrons. The SMILES string of the molecule is CCCC(CN)c1csc(-c2cn[nH]n2)n1. The minimum atomic E-state index is 0.363. The lowest BCUT2D eigenvalue weighted by atomic mass is 10.0. The van der Waals surface area contributed by atoms with E-state index in [4.69, 9.17) is 5.73 Å². The fraction of sp³-hybridized carbons (Fsp3) is 0.500. The van der Waals surface area contributed by atoms with Crippen LogP contribution in [0.25, 0.3) is 10.7 Å². The molecule has 2 rings (SSSR count). The number of hydrogen-bond donors (Lipinski definition) is 2. The third-order valence-electron chi connectivity index (χ3n) is 2.50. The number of aromatic amines is 1. The zero-order chi connectivity index (χ0) is 11.4. The number of aromatic nitrogens is 4. The van der Waals surface area contributed by atoms with Crippen LogP contribution in [0.2, 0.25) is 0 Å². The summed E-state index contributed by atoms with van der Waals surface area (Å²) in [6.07, 6.45) is 3.89. The minimum absolute atomic E-state index is 0.363. The Morgan fingerprint density at radius 1 is 1.56 bits per heavy atom. The first-order valence-electron chi connectivity index (χ1n) is 5.36. The molecule has 0 saturated heterocycles. The average Bonchev–Trinajstić information content (AvgIpc) is 2.95. The summed E-state index contributed by atoms with van der Waals surface area (Å²) in [6, 6.07) is 0. The summed E-state index contributed by atoms with van der Waals surface area (Å²) in [5.74, 6) is 0.363. The molecular formula is C10H15N5S. The molecule has 0 aliphatic rings. The lowest BCUT2D eigenvalue weighted by molar-refractivity contribution is 0.610. The molecule has 86 valence electrons. The highest BCUT2D eigenvalue weighted by Crippen LogP contribution is 2.26. The van der Waals surface area contributed by atoms with Crippen LogP contribution >= 0.6 is 11.3 Å². The van der Waals surface area contributed by atoms with Gasteiger partial charge in [-0.25, -0.2) is 4.98 Å². The monoisotopic (exact) mass is 237 g/mol. The van der Waals surface area contributed by atoms with Crippen LogP contribution in [0.5, 0.6) is 0 Å². The van der Waals surface area contributed by atoms with Crippen LogP contribution in [0.1, 0.15) is 31.4 Å². The summed E-state index contributed by atoms with van der Waals surface area (Å²) in [5.41, 5.74) is 7.62. The van der Waals surface area contributed by atoms with E-state index in [-0.39, 0.29) is 0 Å². The van der Waals surface area contributed by atoms with Gasteiger partial charge in [0.05, 0.1) is 11.9 Å². The van der Waals surface area contributed by atoms with Crippen molar-refractivity contribution in [2.75, 3.05) is 6.54 Å². The Hall–Kier alpha value is -1.27. The Bertz CT molecular complexity index is 422. The molecule has 6 heteroatoms. The van der Waals surface area contributed by atoms with Crippen molar-refractivity contribution in [2.24, 2.45) is 5.73 Å². The Morgan fingerprint density at radius 2 is 2.44 bits per heavy atom. The zero-order valence-electron chi connectivity index (χ0n) is 9.18. The van der Waals surface area contributed by atoms with E-state index in [1.165, 1.54) is 0 Å². The van der Waals surface area contributed by atoms with Gasteiger partial charge in [0.1, 0.15) is 10.7 Å². The molecule has 0 aromatic carbocycles. The predicted octanol–water partition coefficient (Wildman–Crippen LogP) is 1.77. The van der Waals surface area contributed by atoms with E-state index >= 15 is 0 Å². The summed E-state index contributed by atoms with van der Waals surface area (Å²) in [6.45, 7) is 2.81. The summed E-state index contributed by atoms with van der Waals surface area (Å²) >= 11 is 1.59. The van der Waals surface area contributed by atoms with Gasteiger partial charge in [0, 0.05) is 17.8 Å². The molecule has 2 aromatic heterocycles. The number of rotatable bonds is 5. The Labute approximate surface area is 98.1 Å². The first kappa shape index (κ1) is 11.2. The molecule has 0 aliphatic heterocycles. The number of nitrogens with one attached hydrogen (secondary N) is 1. The van der Waals surface area contributed by atoms with Crippen molar-refractivity contribution in [3.63, 3.8) is 0 Å². The van der Waals surface area contributed by atoms with Gasteiger partial charge in [0.15, 0.2) is 0 Å². The van der Waals surface area contributed by atoms with E-state index in [0.29, 0.717) is 12.5 Å². The van der Waals surface area contributed by atoms with Crippen LogP contribution in [-0.4, -0.2) is 26.9 Å². The van der Waals surface area contributed by atoms with Gasteiger partial charge in [0.2, 0.25) is 0 Å². The van der Waals surface area contributed by atoms with E-state index in [9.17, 15) is 0 Å². The summed E-state index contributed by atoms with van der Waals surface area (Å²) in [7, 11) is 0. The van der Waals surface area contributed by atoms with Crippen LogP contribution in [0.4, 0.5) is 0 Å². The van der Waals surface area contributed by atoms with Crippen molar-refractivity contribution in [2.45, 2.75) is 25.7 Å². The Morgan fingerprint density at radius 3 is 3.06 bits per heavy atom. The van der Waals surface area contributed by atoms with Crippen molar-refractivity contribution in [1.82, 2.24) is 20.4 Å². The summed E-state index contributed by atoms with van der Waals surface area (Å²) in [4.78, 5) is 4.56. The molecule has 1 atom stereocenters. The molecule has 0 spiro atoms. The molecule has 0 fully saturated rings. The third kappa shape index (κ3) is 2.28. The van der Waals surface area contributed by atoms with Gasteiger partial charge in [-0.15, -0.1) is 11.3 Å². The van der Waals surface area contributed by atoms with Gasteiger partial charge < -0.3 is 5.73 Å². The van der Waals surface area contributed by atoms with E-state index in [2.05, 4.69) is 32.7 Å². The number of H-pyrrole nitrogens is 1. The largest absolute Gasteiger partial charge is 0.330 e. The van der Waals surface area contributed by atoms with Gasteiger partial charge in [-0.3, -0.25) is 0 Å². The standard InChI is InChI=1S/C10H15N5S/c1-2-3-7(4-11)9-6-16-10(13-9)8-5-12-15-14-8/h5-7H,2-4,11H2,1H3,(H,12,14,15). The second kappa shape index (κ2) is 5.18. The molecule has 16 heavy (non-hydrogen) atoms. The molecule has 2 heterocycles. The van der Waals surface area contributed by atoms with Gasteiger partial charge in [-0.05, 0) is 6.42 Å². The van der Waals surface area contributed by atoms with Crippen LogP contribution in [-0.2, 0) is 0 Å². The molecule has 2 aromatic rings. The average molecular weight is 237 g/mol. The fourth-order valence-corrected chi connectivity index (χ4v) is 2.49. The maximum Gasteiger partial charge on any atom is 0.145 e. The first-order valence-corrected chi connectivity index (χ1v) is 6.24. The maximum atomic E-state index is 5.75. The topological polar surface area (TPSA) is 80.5 Å². The van der Waals surface area contributed by atoms with Gasteiger partial charge in [-0.2, -0.15) is 15.4 Å². The number of nitrogens with zero attached hydrogens (tertiary/aromatic N) is 3. The normalized spacial score (nSPS) is 12.9. The van der Waals surface area contributed by atoms with Crippen LogP contribution in [0.3, 0.4) is 0 Å². The number of hydrogen-bond acceptors (Lipinski definition) is 5. The second-order valence-corrected chi connectivity index (χ2v) is 4.51. The van der Waals surface area contributed by atoms with E-state index in [0.717, 1.165) is 29.2 Å². The quantitative estimate of drug-likeness (QED) is 0.830. The third-order valence-corrected chi connectivity index (χ3v) is 3.38. The zero-order valence-corrected chi connectivity index (χ0v) is 10.00. The molecule has 1 unspecified atom stereocenters. The predicted molar refractivity (Wildman–Crippen MR) is 64.2 cm³/mol. The lowest BCUT2D eigenvalue weighted by Crippen LogP contribution is -2.12. The van der Waals surface area contributed by atoms with Gasteiger partial charge in [0.25, 0.3) is 0 Å². The van der Waals surface area contributed by atoms with Gasteiger partial charge >= 0.3 is 0 Å². The van der Waals surface area contributed by atoms with E-state index in [1.54, 1.807) is 17.5 Å². The summed E-state index contributed by atoms with van der Waals surface area (Å²) in [5, 5.41) is 13.3.